The van der Waals surface area contributed by atoms with Crippen LogP contribution in [-0.2, 0) is 4.74 Å². The molecular formula is C9H15ClO2. The van der Waals surface area contributed by atoms with Crippen LogP contribution in [0.1, 0.15) is 19.3 Å². The Bertz CT molecular complexity index is 159. The van der Waals surface area contributed by atoms with Crippen LogP contribution in [0.25, 0.3) is 0 Å². The predicted octanol–water partition coefficient (Wildman–Crippen LogP) is 1.71. The van der Waals surface area contributed by atoms with E-state index in [1.54, 1.807) is 0 Å². The summed E-state index contributed by atoms with van der Waals surface area (Å²) in [5.74, 6) is 0. The van der Waals surface area contributed by atoms with E-state index in [1.165, 1.54) is 0 Å². The molecule has 3 heteroatoms. The van der Waals surface area contributed by atoms with Crippen LogP contribution in [0, 0.1) is 0 Å². The fourth-order valence-electron chi connectivity index (χ4n) is 1.40. The lowest BCUT2D eigenvalue weighted by molar-refractivity contribution is 0.0366. The van der Waals surface area contributed by atoms with E-state index in [4.69, 9.17) is 21.4 Å². The summed E-state index contributed by atoms with van der Waals surface area (Å²) in [6, 6.07) is 0. The third kappa shape index (κ3) is 2.77. The van der Waals surface area contributed by atoms with Gasteiger partial charge in [0.2, 0.25) is 0 Å². The van der Waals surface area contributed by atoms with Crippen molar-refractivity contribution < 1.29 is 9.84 Å². The minimum atomic E-state index is 0.0633. The molecule has 1 fully saturated rings. The van der Waals surface area contributed by atoms with Crippen LogP contribution in [0.4, 0.5) is 0 Å². The molecular weight excluding hydrogens is 176 g/mol. The average molecular weight is 191 g/mol. The maximum absolute atomic E-state index is 8.56. The van der Waals surface area contributed by atoms with Crippen LogP contribution in [0.15, 0.2) is 12.2 Å². The van der Waals surface area contributed by atoms with Crippen LogP contribution in [0.5, 0.6) is 0 Å². The molecule has 0 bridgehead atoms. The van der Waals surface area contributed by atoms with E-state index in [0.717, 1.165) is 24.8 Å². The second-order valence-corrected chi connectivity index (χ2v) is 3.73. The van der Waals surface area contributed by atoms with Gasteiger partial charge in [-0.05, 0) is 24.8 Å². The van der Waals surface area contributed by atoms with Gasteiger partial charge in [0.15, 0.2) is 0 Å². The Balaban J connectivity index is 2.33. The summed E-state index contributed by atoms with van der Waals surface area (Å²) in [5, 5.41) is 8.77. The van der Waals surface area contributed by atoms with Crippen molar-refractivity contribution in [2.75, 3.05) is 13.2 Å². The maximum atomic E-state index is 8.56. The molecule has 2 nitrogen and oxygen atoms in total. The number of rotatable bonds is 3. The largest absolute Gasteiger partial charge is 0.394 e. The summed E-state index contributed by atoms with van der Waals surface area (Å²) < 4.78 is 5.38. The topological polar surface area (TPSA) is 29.5 Å². The molecule has 2 atom stereocenters. The van der Waals surface area contributed by atoms with E-state index < -0.39 is 0 Å². The Morgan fingerprint density at radius 1 is 1.67 bits per heavy atom. The van der Waals surface area contributed by atoms with E-state index in [9.17, 15) is 0 Å². The highest BCUT2D eigenvalue weighted by atomic mass is 35.5. The molecule has 0 spiro atoms. The molecule has 0 amide bonds. The zero-order valence-electron chi connectivity index (χ0n) is 7.13. The number of hydrogen-bond acceptors (Lipinski definition) is 2. The van der Waals surface area contributed by atoms with Crippen molar-refractivity contribution >= 4 is 11.6 Å². The summed E-state index contributed by atoms with van der Waals surface area (Å²) in [6.07, 6.45) is 2.85. The first kappa shape index (κ1) is 10.0. The van der Waals surface area contributed by atoms with E-state index in [0.29, 0.717) is 6.61 Å². The second-order valence-electron chi connectivity index (χ2n) is 3.11. The van der Waals surface area contributed by atoms with Crippen LogP contribution < -0.4 is 0 Å². The minimum absolute atomic E-state index is 0.0633. The van der Waals surface area contributed by atoms with Gasteiger partial charge in [-0.15, -0.1) is 11.6 Å². The highest BCUT2D eigenvalue weighted by molar-refractivity contribution is 6.20. The molecule has 0 aromatic carbocycles. The number of aliphatic hydroxyl groups excluding tert-OH is 1. The van der Waals surface area contributed by atoms with Crippen LogP contribution in [0.3, 0.4) is 0 Å². The summed E-state index contributed by atoms with van der Waals surface area (Å²) in [5.41, 5.74) is 1.11. The van der Waals surface area contributed by atoms with Crippen molar-refractivity contribution in [1.29, 1.82) is 0 Å². The van der Waals surface area contributed by atoms with Gasteiger partial charge in [0.05, 0.1) is 19.3 Å². The maximum Gasteiger partial charge on any atom is 0.0797 e. The van der Waals surface area contributed by atoms with Crippen molar-refractivity contribution in [3.8, 4) is 0 Å². The summed E-state index contributed by atoms with van der Waals surface area (Å²) in [7, 11) is 0. The number of ether oxygens (including phenoxy) is 1. The number of alkyl halides is 1. The molecule has 70 valence electrons. The zero-order valence-corrected chi connectivity index (χ0v) is 7.89. The van der Waals surface area contributed by atoms with Gasteiger partial charge in [-0.2, -0.15) is 0 Å². The molecule has 2 unspecified atom stereocenters. The van der Waals surface area contributed by atoms with Crippen LogP contribution >= 0.6 is 11.6 Å². The summed E-state index contributed by atoms with van der Waals surface area (Å²) in [4.78, 5) is 0. The highest BCUT2D eigenvalue weighted by Gasteiger charge is 2.23. The van der Waals surface area contributed by atoms with E-state index in [1.807, 2.05) is 0 Å². The van der Waals surface area contributed by atoms with E-state index >= 15 is 0 Å². The molecule has 0 aromatic rings. The standard InChI is InChI=1S/C9H15ClO2/c1-7-2-3-8(10)6-9(7)12-5-4-11/h8-9,11H,1-6H2. The number of hydrogen-bond donors (Lipinski definition) is 1. The Morgan fingerprint density at radius 2 is 2.42 bits per heavy atom. The van der Waals surface area contributed by atoms with Gasteiger partial charge in [0.1, 0.15) is 0 Å². The Kier molecular flexibility index (Phi) is 4.06. The Hall–Kier alpha value is -0.0500. The molecule has 1 rings (SSSR count). The van der Waals surface area contributed by atoms with E-state index in [-0.39, 0.29) is 18.1 Å². The number of aliphatic hydroxyl groups is 1. The van der Waals surface area contributed by atoms with Crippen molar-refractivity contribution in [3.05, 3.63) is 12.2 Å². The van der Waals surface area contributed by atoms with Crippen LogP contribution in [0.2, 0.25) is 0 Å². The molecule has 1 aliphatic rings. The smallest absolute Gasteiger partial charge is 0.0797 e. The third-order valence-electron chi connectivity index (χ3n) is 2.11. The lowest BCUT2D eigenvalue weighted by atomic mass is 9.93. The predicted molar refractivity (Wildman–Crippen MR) is 49.5 cm³/mol. The monoisotopic (exact) mass is 190 g/mol. The fraction of sp³-hybridized carbons (Fsp3) is 0.778. The lowest BCUT2D eigenvalue weighted by Crippen LogP contribution is -2.26. The van der Waals surface area contributed by atoms with Gasteiger partial charge in [0.25, 0.3) is 0 Å². The Morgan fingerprint density at radius 3 is 3.08 bits per heavy atom. The third-order valence-corrected chi connectivity index (χ3v) is 2.51. The SMILES string of the molecule is C=C1CCC(Cl)CC1OCCO. The first-order chi connectivity index (χ1) is 5.74. The quantitative estimate of drug-likeness (QED) is 0.543. The van der Waals surface area contributed by atoms with Gasteiger partial charge in [0, 0.05) is 5.38 Å². The van der Waals surface area contributed by atoms with Crippen molar-refractivity contribution in [1.82, 2.24) is 0 Å². The first-order valence-electron chi connectivity index (χ1n) is 4.28. The molecule has 0 heterocycles. The number of halogens is 1. The molecule has 0 aliphatic heterocycles. The second kappa shape index (κ2) is 4.85. The Labute approximate surface area is 78.2 Å². The normalized spacial score (nSPS) is 30.7. The molecule has 1 N–H and O–H groups in total. The van der Waals surface area contributed by atoms with Crippen molar-refractivity contribution in [2.24, 2.45) is 0 Å². The van der Waals surface area contributed by atoms with Crippen molar-refractivity contribution in [3.63, 3.8) is 0 Å². The highest BCUT2D eigenvalue weighted by Crippen LogP contribution is 2.28. The van der Waals surface area contributed by atoms with E-state index in [2.05, 4.69) is 6.58 Å². The van der Waals surface area contributed by atoms with Crippen LogP contribution in [-0.4, -0.2) is 29.8 Å². The molecule has 1 saturated carbocycles. The molecule has 1 aliphatic carbocycles. The summed E-state index contributed by atoms with van der Waals surface area (Å²) >= 11 is 5.97. The van der Waals surface area contributed by atoms with Gasteiger partial charge < -0.3 is 9.84 Å². The average Bonchev–Trinajstić information content (AvgIpc) is 2.07. The zero-order chi connectivity index (χ0) is 8.97. The molecule has 0 radical (unpaired) electrons. The molecule has 0 saturated heterocycles. The lowest BCUT2D eigenvalue weighted by Gasteiger charge is -2.27. The first-order valence-corrected chi connectivity index (χ1v) is 4.72. The molecule has 12 heavy (non-hydrogen) atoms. The van der Waals surface area contributed by atoms with Gasteiger partial charge in [-0.25, -0.2) is 0 Å². The van der Waals surface area contributed by atoms with Gasteiger partial charge in [-0.1, -0.05) is 6.58 Å². The van der Waals surface area contributed by atoms with Gasteiger partial charge in [-0.3, -0.25) is 0 Å². The van der Waals surface area contributed by atoms with Crippen molar-refractivity contribution in [2.45, 2.75) is 30.7 Å². The van der Waals surface area contributed by atoms with Gasteiger partial charge >= 0.3 is 0 Å². The molecule has 0 aromatic heterocycles. The fourth-order valence-corrected chi connectivity index (χ4v) is 1.67. The minimum Gasteiger partial charge on any atom is -0.394 e. The summed E-state index contributed by atoms with van der Waals surface area (Å²) in [6.45, 7) is 4.37.